The fourth-order valence-electron chi connectivity index (χ4n) is 2.17. The molecule has 1 unspecified atom stereocenters. The second-order valence-electron chi connectivity index (χ2n) is 3.49. The van der Waals surface area contributed by atoms with Crippen LogP contribution in [0.3, 0.4) is 0 Å². The van der Waals surface area contributed by atoms with Crippen LogP contribution in [-0.4, -0.2) is 35.5 Å². The van der Waals surface area contributed by atoms with Crippen LogP contribution in [0.4, 0.5) is 0 Å². The van der Waals surface area contributed by atoms with Crippen molar-refractivity contribution in [3.8, 4) is 0 Å². The first-order valence-corrected chi connectivity index (χ1v) is 4.13. The van der Waals surface area contributed by atoms with Crippen LogP contribution >= 0.6 is 0 Å². The first-order chi connectivity index (χ1) is 5.27. The molecule has 3 aliphatic rings. The first-order valence-electron chi connectivity index (χ1n) is 4.13. The lowest BCUT2D eigenvalue weighted by molar-refractivity contribution is -0.539. The molecule has 0 aromatic carbocycles. The Hall–Kier alpha value is -0.640. The van der Waals surface area contributed by atoms with Crippen molar-refractivity contribution in [2.24, 2.45) is 5.92 Å². The van der Waals surface area contributed by atoms with Crippen molar-refractivity contribution in [2.75, 3.05) is 19.6 Å². The van der Waals surface area contributed by atoms with Gasteiger partial charge in [-0.3, -0.25) is 15.0 Å². The monoisotopic (exact) mass is 156 g/mol. The van der Waals surface area contributed by atoms with Gasteiger partial charge in [0.15, 0.2) is 0 Å². The van der Waals surface area contributed by atoms with E-state index in [4.69, 9.17) is 0 Å². The Morgan fingerprint density at radius 3 is 2.27 bits per heavy atom. The van der Waals surface area contributed by atoms with Crippen LogP contribution < -0.4 is 0 Å². The Bertz CT molecular complexity index is 175. The number of nitro groups is 1. The zero-order valence-electron chi connectivity index (χ0n) is 6.40. The van der Waals surface area contributed by atoms with Crippen LogP contribution in [-0.2, 0) is 0 Å². The maximum Gasteiger partial charge on any atom is 0.228 e. The third-order valence-corrected chi connectivity index (χ3v) is 2.89. The topological polar surface area (TPSA) is 46.4 Å². The number of rotatable bonds is 1. The van der Waals surface area contributed by atoms with Crippen LogP contribution in [0.5, 0.6) is 0 Å². The van der Waals surface area contributed by atoms with Crippen LogP contribution in [0.1, 0.15) is 12.8 Å². The van der Waals surface area contributed by atoms with Gasteiger partial charge in [0.25, 0.3) is 0 Å². The van der Waals surface area contributed by atoms with Gasteiger partial charge in [0, 0.05) is 10.8 Å². The summed E-state index contributed by atoms with van der Waals surface area (Å²) < 4.78 is 0. The van der Waals surface area contributed by atoms with Gasteiger partial charge < -0.3 is 0 Å². The molecular formula is C7H12N2O2. The van der Waals surface area contributed by atoms with E-state index in [-0.39, 0.29) is 11.0 Å². The summed E-state index contributed by atoms with van der Waals surface area (Å²) in [6.07, 6.45) is 2.07. The second kappa shape index (κ2) is 2.44. The molecular weight excluding hydrogens is 144 g/mol. The number of fused-ring (bicyclic) bond motifs is 3. The molecule has 11 heavy (non-hydrogen) atoms. The molecule has 3 fully saturated rings. The van der Waals surface area contributed by atoms with E-state index in [1.807, 2.05) is 0 Å². The van der Waals surface area contributed by atoms with Crippen LogP contribution in [0.2, 0.25) is 0 Å². The second-order valence-corrected chi connectivity index (χ2v) is 3.49. The molecule has 3 heterocycles. The summed E-state index contributed by atoms with van der Waals surface area (Å²) in [7, 11) is 0. The third-order valence-electron chi connectivity index (χ3n) is 2.89. The van der Waals surface area contributed by atoms with Crippen molar-refractivity contribution >= 4 is 0 Å². The van der Waals surface area contributed by atoms with Crippen molar-refractivity contribution in [2.45, 2.75) is 18.9 Å². The largest absolute Gasteiger partial charge is 0.297 e. The number of nitrogens with zero attached hydrogens (tertiary/aromatic N) is 2. The normalized spacial score (nSPS) is 42.4. The Kier molecular flexibility index (Phi) is 1.56. The minimum absolute atomic E-state index is 0.101. The first kappa shape index (κ1) is 7.03. The van der Waals surface area contributed by atoms with Gasteiger partial charge >= 0.3 is 0 Å². The van der Waals surface area contributed by atoms with E-state index < -0.39 is 0 Å². The van der Waals surface area contributed by atoms with Crippen molar-refractivity contribution in [3.05, 3.63) is 10.1 Å². The lowest BCUT2D eigenvalue weighted by Crippen LogP contribution is -2.53. The Labute approximate surface area is 65.3 Å². The molecule has 62 valence electrons. The standard InChI is InChI=1S/C7H12N2O2/c10-9(11)7-5-8-3-1-6(7)2-4-8/h6-7H,1-5H2. The zero-order chi connectivity index (χ0) is 7.84. The molecule has 0 amide bonds. The lowest BCUT2D eigenvalue weighted by Gasteiger charge is -2.40. The van der Waals surface area contributed by atoms with E-state index in [2.05, 4.69) is 4.90 Å². The van der Waals surface area contributed by atoms with Gasteiger partial charge in [-0.25, -0.2) is 0 Å². The summed E-state index contributed by atoms with van der Waals surface area (Å²) in [4.78, 5) is 12.6. The molecule has 1 atom stereocenters. The molecule has 0 N–H and O–H groups in total. The quantitative estimate of drug-likeness (QED) is 0.406. The van der Waals surface area contributed by atoms with Crippen LogP contribution in [0.15, 0.2) is 0 Å². The minimum atomic E-state index is -0.266. The smallest absolute Gasteiger partial charge is 0.228 e. The highest BCUT2D eigenvalue weighted by molar-refractivity contribution is 4.86. The zero-order valence-corrected chi connectivity index (χ0v) is 6.40. The van der Waals surface area contributed by atoms with Crippen LogP contribution in [0.25, 0.3) is 0 Å². The van der Waals surface area contributed by atoms with E-state index in [1.165, 1.54) is 0 Å². The minimum Gasteiger partial charge on any atom is -0.297 e. The fraction of sp³-hybridized carbons (Fsp3) is 1.00. The van der Waals surface area contributed by atoms with E-state index in [9.17, 15) is 10.1 Å². The molecule has 0 spiro atoms. The average Bonchev–Trinajstić information content (AvgIpc) is 2.06. The van der Waals surface area contributed by atoms with Crippen LogP contribution in [0, 0.1) is 16.0 Å². The molecule has 0 aromatic heterocycles. The van der Waals surface area contributed by atoms with Gasteiger partial charge in [0.05, 0.1) is 6.54 Å². The SMILES string of the molecule is O=[N+]([O-])C1CN2CCC1CC2. The van der Waals surface area contributed by atoms with Gasteiger partial charge in [0.2, 0.25) is 6.04 Å². The molecule has 3 aliphatic heterocycles. The van der Waals surface area contributed by atoms with E-state index >= 15 is 0 Å². The maximum atomic E-state index is 10.5. The molecule has 0 aliphatic carbocycles. The lowest BCUT2D eigenvalue weighted by atomic mass is 9.84. The maximum absolute atomic E-state index is 10.5. The van der Waals surface area contributed by atoms with Crippen molar-refractivity contribution in [3.63, 3.8) is 0 Å². The predicted molar refractivity (Wildman–Crippen MR) is 39.9 cm³/mol. The molecule has 3 rings (SSSR count). The number of hydrogen-bond acceptors (Lipinski definition) is 3. The highest BCUT2D eigenvalue weighted by Crippen LogP contribution is 2.28. The molecule has 3 saturated heterocycles. The molecule has 0 aromatic rings. The van der Waals surface area contributed by atoms with E-state index in [1.54, 1.807) is 0 Å². The van der Waals surface area contributed by atoms with Crippen molar-refractivity contribution < 1.29 is 4.92 Å². The molecule has 0 radical (unpaired) electrons. The Balaban J connectivity index is 2.08. The van der Waals surface area contributed by atoms with Crippen molar-refractivity contribution in [1.82, 2.24) is 4.90 Å². The Morgan fingerprint density at radius 2 is 2.00 bits per heavy atom. The van der Waals surface area contributed by atoms with E-state index in [0.29, 0.717) is 12.5 Å². The highest BCUT2D eigenvalue weighted by Gasteiger charge is 2.41. The molecule has 4 nitrogen and oxygen atoms in total. The molecule has 0 saturated carbocycles. The highest BCUT2D eigenvalue weighted by atomic mass is 16.6. The van der Waals surface area contributed by atoms with Gasteiger partial charge in [-0.05, 0) is 25.9 Å². The third kappa shape index (κ3) is 1.11. The average molecular weight is 156 g/mol. The van der Waals surface area contributed by atoms with E-state index in [0.717, 1.165) is 25.9 Å². The summed E-state index contributed by atoms with van der Waals surface area (Å²) in [5, 5.41) is 10.5. The van der Waals surface area contributed by atoms with Gasteiger partial charge in [-0.15, -0.1) is 0 Å². The molecule has 4 heteroatoms. The fourth-order valence-corrected chi connectivity index (χ4v) is 2.17. The summed E-state index contributed by atoms with van der Waals surface area (Å²) in [6.45, 7) is 2.85. The molecule has 2 bridgehead atoms. The van der Waals surface area contributed by atoms with Gasteiger partial charge in [0.1, 0.15) is 0 Å². The number of hydrogen-bond donors (Lipinski definition) is 0. The van der Waals surface area contributed by atoms with Crippen molar-refractivity contribution in [1.29, 1.82) is 0 Å². The summed E-state index contributed by atoms with van der Waals surface area (Å²) in [5.41, 5.74) is 0. The predicted octanol–water partition coefficient (Wildman–Crippen LogP) is 0.357. The summed E-state index contributed by atoms with van der Waals surface area (Å²) >= 11 is 0. The summed E-state index contributed by atoms with van der Waals surface area (Å²) in [6, 6.07) is -0.266. The Morgan fingerprint density at radius 1 is 1.36 bits per heavy atom. The summed E-state index contributed by atoms with van der Waals surface area (Å²) in [5.74, 6) is 0.370. The van der Waals surface area contributed by atoms with Gasteiger partial charge in [-0.1, -0.05) is 0 Å². The van der Waals surface area contributed by atoms with Gasteiger partial charge in [-0.2, -0.15) is 0 Å². The number of piperidine rings is 3.